The first-order valence-corrected chi connectivity index (χ1v) is 32.1. The van der Waals surface area contributed by atoms with Crippen LogP contribution in [0, 0.1) is 59.2 Å². The number of aliphatic hydroxyl groups excluding tert-OH is 2. The van der Waals surface area contributed by atoms with Gasteiger partial charge in [-0.15, -0.1) is 0 Å². The molecule has 1 fully saturated rings. The van der Waals surface area contributed by atoms with Gasteiger partial charge in [-0.1, -0.05) is 34.6 Å². The summed E-state index contributed by atoms with van der Waals surface area (Å²) in [6, 6.07) is 2.69. The quantitative estimate of drug-likeness (QED) is 0.0603. The number of carbonyl (C=O) groups excluding carboxylic acids is 7. The van der Waals surface area contributed by atoms with Crippen LogP contribution in [0.15, 0.2) is 61.0 Å². The number of amides is 7. The first-order valence-electron chi connectivity index (χ1n) is 30.6. The Balaban J connectivity index is 1.19. The standard InChI is InChI=1S/C62H90N13O14P/c1-29-20-39-40(21-30(29)2)75(28-70-39)57-52(84)53(41(27-76)87-57)89-90(85,86)88-31(3)26-69-49(83)18-19-59(8)37(22-46(66)80)56-62(11)61(10,25-48(68)82)36(14-17-45(65)79)51(74-62)33(5)55-60(9,24-47(67)81)34(12-15-43(63)77)38(71-55)23-42-58(6,7)35(13-16-44(64)78)50(72-42)32(4)54(59)73-56/h20-21,28,31,34-37,41,52-53,56-57,76,84H,12-19,22-27H2,1-11H3,(H2,63,77)(H2,64,78)(H2,65,79)(H2,66,80)(H2,67,81)(H2,68,82)(H,69,83)(H,85,86)/t31-,34-,35-,36-,37+,41-,52-,53-,56-,57+,59-,60+,61+,62+/m1/s1. The SMILES string of the molecule is CC1=C2N=C(CC3=NC(=C(C)C4=N[C@@](C)([C@@H]5N=C1[C@](C)(CCC(=O)NC[C@@H](C)OP(=O)(O)O[C@H]1[C@@H](O)[C@@H](n6cnc7cc(C)c(C)cc76)O[C@@H]1CO)[C@H]5CC(N)=O)[C@@](C)(CC(N)=O)[C@@H]4CCC(N)=O)[C@@](C)(CC(N)=O)[C@@H]3CCC(N)=O)C(C)(C)[C@@H]2CCC(N)=O. The molecule has 0 saturated carbocycles. The zero-order chi connectivity index (χ0) is 66.7. The molecule has 0 spiro atoms. The van der Waals surface area contributed by atoms with E-state index in [2.05, 4.69) is 10.3 Å². The Kier molecular flexibility index (Phi) is 19.7. The number of imidazole rings is 1. The van der Waals surface area contributed by atoms with Crippen LogP contribution in [0.3, 0.4) is 0 Å². The van der Waals surface area contributed by atoms with Gasteiger partial charge >= 0.3 is 7.82 Å². The smallest absolute Gasteiger partial charge is 0.394 e. The minimum Gasteiger partial charge on any atom is -0.394 e. The number of primary amides is 6. The lowest BCUT2D eigenvalue weighted by atomic mass is 9.55. The van der Waals surface area contributed by atoms with Crippen molar-refractivity contribution in [1.82, 2.24) is 14.9 Å². The van der Waals surface area contributed by atoms with Crippen molar-refractivity contribution in [1.29, 1.82) is 0 Å². The Hall–Kier alpha value is -6.87. The van der Waals surface area contributed by atoms with E-state index in [-0.39, 0.29) is 83.6 Å². The van der Waals surface area contributed by atoms with E-state index in [0.717, 1.165) is 11.1 Å². The third kappa shape index (κ3) is 13.0. The summed E-state index contributed by atoms with van der Waals surface area (Å²) in [5.74, 6) is -7.18. The molecular weight excluding hydrogens is 1180 g/mol. The average molecular weight is 1270 g/mol. The van der Waals surface area contributed by atoms with Crippen LogP contribution in [-0.4, -0.2) is 138 Å². The molecule has 6 aliphatic heterocycles. The molecule has 0 radical (unpaired) electrons. The van der Waals surface area contributed by atoms with E-state index in [4.69, 9.17) is 68.2 Å². The molecule has 7 heterocycles. The van der Waals surface area contributed by atoms with Gasteiger partial charge in [-0.05, 0) is 102 Å². The van der Waals surface area contributed by atoms with Crippen LogP contribution in [0.25, 0.3) is 11.0 Å². The van der Waals surface area contributed by atoms with E-state index in [0.29, 0.717) is 56.4 Å². The third-order valence-electron chi connectivity index (χ3n) is 20.7. The number of benzene rings is 1. The van der Waals surface area contributed by atoms with Crippen molar-refractivity contribution in [2.24, 2.45) is 99.7 Å². The number of nitrogens with two attached hydrogens (primary N) is 6. The van der Waals surface area contributed by atoms with Gasteiger partial charge in [0.1, 0.15) is 18.3 Å². The molecule has 27 nitrogen and oxygen atoms in total. The summed E-state index contributed by atoms with van der Waals surface area (Å²) in [6.45, 7) is 19.3. The number of aryl methyl sites for hydroxylation is 2. The van der Waals surface area contributed by atoms with E-state index < -0.39 is 143 Å². The summed E-state index contributed by atoms with van der Waals surface area (Å²) in [6.07, 6.45) is -6.02. The summed E-state index contributed by atoms with van der Waals surface area (Å²) in [4.78, 5) is 131. The maximum atomic E-state index is 14.4. The fraction of sp³-hybridized carbons (Fsp3) is 0.645. The molecule has 1 aromatic carbocycles. The van der Waals surface area contributed by atoms with Crippen molar-refractivity contribution >= 4 is 83.1 Å². The van der Waals surface area contributed by atoms with E-state index in [9.17, 15) is 53.2 Å². The molecule has 6 aliphatic rings. The molecule has 2 aromatic rings. The lowest BCUT2D eigenvalue weighted by Gasteiger charge is -2.48. The molecule has 15 atom stereocenters. The number of allylic oxidation sites excluding steroid dienone is 4. The number of hydrogen-bond donors (Lipinski definition) is 10. The molecule has 1 saturated heterocycles. The molecule has 1 unspecified atom stereocenters. The molecule has 1 aromatic heterocycles. The number of nitrogens with zero attached hydrogens (tertiary/aromatic N) is 6. The highest BCUT2D eigenvalue weighted by atomic mass is 31.2. The molecule has 0 aliphatic carbocycles. The minimum absolute atomic E-state index is 0.00859. The fourth-order valence-electron chi connectivity index (χ4n) is 15.6. The molecule has 8 bridgehead atoms. The Labute approximate surface area is 523 Å². The van der Waals surface area contributed by atoms with Gasteiger partial charge in [-0.3, -0.25) is 62.6 Å². The zero-order valence-electron chi connectivity index (χ0n) is 53.3. The molecular formula is C62H90N13O14P. The second-order valence-corrected chi connectivity index (χ2v) is 28.5. The fourth-order valence-corrected chi connectivity index (χ4v) is 16.7. The van der Waals surface area contributed by atoms with Gasteiger partial charge in [0.15, 0.2) is 6.23 Å². The van der Waals surface area contributed by atoms with Crippen molar-refractivity contribution in [2.45, 2.75) is 195 Å². The summed E-state index contributed by atoms with van der Waals surface area (Å²) < 4.78 is 32.3. The van der Waals surface area contributed by atoms with Gasteiger partial charge in [0.05, 0.1) is 47.3 Å². The van der Waals surface area contributed by atoms with Crippen LogP contribution < -0.4 is 39.7 Å². The number of hydrogen-bond acceptors (Lipinski definition) is 18. The first-order chi connectivity index (χ1) is 41.8. The van der Waals surface area contributed by atoms with Crippen molar-refractivity contribution in [2.75, 3.05) is 13.2 Å². The van der Waals surface area contributed by atoms with Crippen LogP contribution in [0.4, 0.5) is 0 Å². The van der Waals surface area contributed by atoms with E-state index in [1.54, 1.807) is 11.5 Å². The summed E-state index contributed by atoms with van der Waals surface area (Å²) in [5.41, 5.74) is 37.3. The van der Waals surface area contributed by atoms with Gasteiger partial charge in [0.25, 0.3) is 0 Å². The second-order valence-electron chi connectivity index (χ2n) is 27.2. The largest absolute Gasteiger partial charge is 0.472 e. The van der Waals surface area contributed by atoms with Gasteiger partial charge < -0.3 is 64.1 Å². The number of phosphoric ester groups is 1. The normalized spacial score (nSPS) is 32.1. The Morgan fingerprint density at radius 2 is 1.39 bits per heavy atom. The lowest BCUT2D eigenvalue weighted by Crippen LogP contribution is -2.56. The molecule has 492 valence electrons. The van der Waals surface area contributed by atoms with Crippen LogP contribution in [-0.2, 0) is 51.9 Å². The average Bonchev–Trinajstić information content (AvgIpc) is 1.53. The van der Waals surface area contributed by atoms with Gasteiger partial charge in [0.2, 0.25) is 41.4 Å². The maximum Gasteiger partial charge on any atom is 0.472 e. The summed E-state index contributed by atoms with van der Waals surface area (Å²) in [7, 11) is -5.07. The van der Waals surface area contributed by atoms with E-state index in [1.807, 2.05) is 74.4 Å². The molecule has 8 rings (SSSR count). The highest BCUT2D eigenvalue weighted by Crippen LogP contribution is 2.63. The lowest BCUT2D eigenvalue weighted by molar-refractivity contribution is -0.124. The Morgan fingerprint density at radius 1 is 0.789 bits per heavy atom. The van der Waals surface area contributed by atoms with E-state index >= 15 is 0 Å². The number of aliphatic imine (C=N–C) groups is 4. The monoisotopic (exact) mass is 1270 g/mol. The number of aliphatic hydroxyl groups is 2. The van der Waals surface area contributed by atoms with Crippen molar-refractivity contribution in [3.63, 3.8) is 0 Å². The predicted octanol–water partition coefficient (Wildman–Crippen LogP) is 3.52. The predicted molar refractivity (Wildman–Crippen MR) is 334 cm³/mol. The van der Waals surface area contributed by atoms with Crippen LogP contribution >= 0.6 is 7.82 Å². The van der Waals surface area contributed by atoms with Crippen LogP contribution in [0.5, 0.6) is 0 Å². The number of aromatic nitrogens is 2. The topological polar surface area (TPSA) is 460 Å². The minimum atomic E-state index is -5.07. The summed E-state index contributed by atoms with van der Waals surface area (Å²) in [5, 5.41) is 24.6. The highest BCUT2D eigenvalue weighted by Gasteiger charge is 2.66. The van der Waals surface area contributed by atoms with Crippen molar-refractivity contribution in [3.8, 4) is 0 Å². The van der Waals surface area contributed by atoms with Gasteiger partial charge in [0, 0.05) is 132 Å². The molecule has 90 heavy (non-hydrogen) atoms. The van der Waals surface area contributed by atoms with Crippen molar-refractivity contribution < 1.29 is 67.0 Å². The van der Waals surface area contributed by atoms with Crippen molar-refractivity contribution in [3.05, 3.63) is 52.1 Å². The van der Waals surface area contributed by atoms with Gasteiger partial charge in [-0.25, -0.2) is 9.55 Å². The first kappa shape index (κ1) is 69.0. The third-order valence-corrected chi connectivity index (χ3v) is 21.8. The molecule has 7 amide bonds. The molecule has 28 heteroatoms. The van der Waals surface area contributed by atoms with Crippen LogP contribution in [0.2, 0.25) is 0 Å². The number of rotatable bonds is 26. The number of phosphoric acid groups is 1. The molecule has 16 N–H and O–H groups in total. The Morgan fingerprint density at radius 3 is 1.98 bits per heavy atom. The summed E-state index contributed by atoms with van der Waals surface area (Å²) >= 11 is 0. The highest BCUT2D eigenvalue weighted by molar-refractivity contribution is 7.47. The second kappa shape index (κ2) is 25.7. The van der Waals surface area contributed by atoms with E-state index in [1.165, 1.54) is 13.3 Å². The van der Waals surface area contributed by atoms with Gasteiger partial charge in [-0.2, -0.15) is 0 Å². The zero-order valence-corrected chi connectivity index (χ0v) is 54.2. The number of fused-ring (bicyclic) bond motifs is 6. The number of nitrogens with one attached hydrogen (secondary N) is 1. The maximum absolute atomic E-state index is 14.4. The Bertz CT molecular complexity index is 3540. The number of carbonyl (C=O) groups is 7. The number of ether oxygens (including phenoxy) is 1. The van der Waals surface area contributed by atoms with Crippen LogP contribution in [0.1, 0.15) is 157 Å².